The van der Waals surface area contributed by atoms with Gasteiger partial charge in [-0.2, -0.15) is 30.6 Å². The summed E-state index contributed by atoms with van der Waals surface area (Å²) in [5, 5.41) is 3.41. The first-order valence-corrected chi connectivity index (χ1v) is 20.9. The molecule has 0 unspecified atom stereocenters. The number of hydrogen-bond acceptors (Lipinski definition) is 7. The van der Waals surface area contributed by atoms with Crippen molar-refractivity contribution in [1.82, 2.24) is 19.6 Å². The van der Waals surface area contributed by atoms with Gasteiger partial charge in [0.15, 0.2) is 0 Å². The minimum absolute atomic E-state index is 0.119. The van der Waals surface area contributed by atoms with E-state index in [-0.39, 0.29) is 20.6 Å². The first kappa shape index (κ1) is 40.6. The van der Waals surface area contributed by atoms with E-state index in [1.165, 1.54) is 28.4 Å². The topological polar surface area (TPSA) is 109 Å². The van der Waals surface area contributed by atoms with Crippen LogP contribution in [0.15, 0.2) is 107 Å². The second-order valence-corrected chi connectivity index (χ2v) is 18.0. The molecule has 2 aromatic heterocycles. The molecule has 4 heterocycles. The second-order valence-electron chi connectivity index (χ2n) is 13.5. The van der Waals surface area contributed by atoms with Crippen molar-refractivity contribution in [3.8, 4) is 0 Å². The Balaban J connectivity index is 0.000000155. The normalized spacial score (nSPS) is 18.5. The van der Waals surface area contributed by atoms with Crippen molar-refractivity contribution >= 4 is 41.9 Å². The number of benzene rings is 2. The Labute approximate surface area is 319 Å². The van der Waals surface area contributed by atoms with Crippen molar-refractivity contribution in [3.63, 3.8) is 0 Å². The van der Waals surface area contributed by atoms with Gasteiger partial charge in [0.2, 0.25) is 10.0 Å². The predicted molar refractivity (Wildman–Crippen MR) is 196 cm³/mol. The van der Waals surface area contributed by atoms with E-state index >= 15 is 0 Å². The van der Waals surface area contributed by atoms with Crippen molar-refractivity contribution in [2.75, 3.05) is 26.2 Å². The molecular formula is C38H35ClF6N4O4S2. The lowest BCUT2D eigenvalue weighted by atomic mass is 9.78. The van der Waals surface area contributed by atoms with Gasteiger partial charge in [-0.05, 0) is 111 Å². The molecular weight excluding hydrogens is 790 g/mol. The molecule has 1 N–H and O–H groups in total. The van der Waals surface area contributed by atoms with Gasteiger partial charge < -0.3 is 5.32 Å². The molecule has 8 rings (SSSR count). The standard InChI is InChI=1S/C19H17F3N2O2S.C12H14N2.C7H4ClF3O2S/c20-19(21,22)15-3-5-16(6-4-15)27(25,26)24-12-9-18(10-13-24)8-7-14-2-1-11-23-17(14)18;1-2-10-3-4-12(11(10)14-7-1)5-8-13-9-6-12;8-14(12,13)6-3-1-5(2-4-6)7(9,10)11/h1-8,11H,9-10,12-13H2;1-4,7,13H,5-6,8-9H2;1-4H. The van der Waals surface area contributed by atoms with Gasteiger partial charge in [0, 0.05) is 47.0 Å². The minimum atomic E-state index is -4.49. The number of piperidine rings is 2. The SMILES string of the molecule is C1=CC2(CCNCC2)c2ncccc21.O=S(=O)(Cl)c1ccc(C(F)(F)F)cc1.O=S(=O)(c1ccc(C(F)(F)F)cc1)N1CCC2(C=Cc3cccnc32)CC1. The van der Waals surface area contributed by atoms with Gasteiger partial charge in [0.25, 0.3) is 9.05 Å². The Morgan fingerprint density at radius 3 is 1.45 bits per heavy atom. The van der Waals surface area contributed by atoms with Crippen LogP contribution < -0.4 is 5.32 Å². The number of sulfonamides is 1. The van der Waals surface area contributed by atoms with Gasteiger partial charge in [-0.3, -0.25) is 9.97 Å². The molecule has 0 bridgehead atoms. The summed E-state index contributed by atoms with van der Waals surface area (Å²) < 4.78 is 122. The molecule has 0 radical (unpaired) electrons. The highest BCUT2D eigenvalue weighted by molar-refractivity contribution is 8.13. The highest BCUT2D eigenvalue weighted by atomic mass is 35.7. The molecule has 2 saturated heterocycles. The lowest BCUT2D eigenvalue weighted by molar-refractivity contribution is -0.138. The number of pyridine rings is 2. The van der Waals surface area contributed by atoms with Crippen molar-refractivity contribution in [3.05, 3.63) is 131 Å². The van der Waals surface area contributed by atoms with Crippen molar-refractivity contribution in [2.24, 2.45) is 0 Å². The summed E-state index contributed by atoms with van der Waals surface area (Å²) in [7, 11) is -2.87. The summed E-state index contributed by atoms with van der Waals surface area (Å²) in [6.45, 7) is 2.81. The minimum Gasteiger partial charge on any atom is -0.317 e. The Bertz CT molecular complexity index is 2280. The van der Waals surface area contributed by atoms with Crippen LogP contribution in [-0.2, 0) is 42.3 Å². The number of alkyl halides is 6. The van der Waals surface area contributed by atoms with Crippen LogP contribution in [0.1, 0.15) is 59.3 Å². The van der Waals surface area contributed by atoms with Gasteiger partial charge in [-0.1, -0.05) is 36.4 Å². The first-order chi connectivity index (χ1) is 25.8. The molecule has 2 spiro atoms. The van der Waals surface area contributed by atoms with Crippen LogP contribution in [0, 0.1) is 0 Å². The zero-order chi connectivity index (χ0) is 39.7. The third-order valence-corrected chi connectivity index (χ3v) is 13.5. The van der Waals surface area contributed by atoms with E-state index in [1.54, 1.807) is 6.20 Å². The number of allylic oxidation sites excluding steroid dienone is 2. The van der Waals surface area contributed by atoms with Crippen molar-refractivity contribution < 1.29 is 43.2 Å². The largest absolute Gasteiger partial charge is 0.416 e. The van der Waals surface area contributed by atoms with E-state index in [0.717, 1.165) is 60.7 Å². The molecule has 17 heteroatoms. The third kappa shape index (κ3) is 8.83. The Kier molecular flexibility index (Phi) is 11.4. The predicted octanol–water partition coefficient (Wildman–Crippen LogP) is 8.21. The van der Waals surface area contributed by atoms with E-state index in [4.69, 9.17) is 10.7 Å². The summed E-state index contributed by atoms with van der Waals surface area (Å²) in [5.41, 5.74) is 2.84. The summed E-state index contributed by atoms with van der Waals surface area (Å²) in [6.07, 6.45) is 6.92. The Morgan fingerprint density at radius 2 is 1.04 bits per heavy atom. The molecule has 8 nitrogen and oxygen atoms in total. The van der Waals surface area contributed by atoms with Crippen LogP contribution >= 0.6 is 10.7 Å². The number of nitrogens with zero attached hydrogens (tertiary/aromatic N) is 3. The van der Waals surface area contributed by atoms with Gasteiger partial charge in [0.05, 0.1) is 32.3 Å². The maximum atomic E-state index is 12.8. The molecule has 55 heavy (non-hydrogen) atoms. The molecule has 2 fully saturated rings. The molecule has 4 aliphatic rings. The average Bonchev–Trinajstić information content (AvgIpc) is 3.69. The van der Waals surface area contributed by atoms with Gasteiger partial charge >= 0.3 is 12.4 Å². The number of aromatic nitrogens is 2. The summed E-state index contributed by atoms with van der Waals surface area (Å²) in [5.74, 6) is 0. The smallest absolute Gasteiger partial charge is 0.317 e. The van der Waals surface area contributed by atoms with Crippen LogP contribution in [0.4, 0.5) is 26.3 Å². The highest BCUT2D eigenvalue weighted by Crippen LogP contribution is 2.44. The number of halogens is 7. The van der Waals surface area contributed by atoms with E-state index in [2.05, 4.69) is 39.6 Å². The third-order valence-electron chi connectivity index (χ3n) is 10.2. The fourth-order valence-electron chi connectivity index (χ4n) is 7.17. The second kappa shape index (κ2) is 15.4. The van der Waals surface area contributed by atoms with Crippen LogP contribution in [0.25, 0.3) is 12.2 Å². The Morgan fingerprint density at radius 1 is 0.618 bits per heavy atom. The molecule has 0 amide bonds. The van der Waals surface area contributed by atoms with Gasteiger partial charge in [-0.15, -0.1) is 0 Å². The molecule has 2 aliphatic heterocycles. The molecule has 4 aromatic rings. The number of rotatable bonds is 3. The molecule has 0 atom stereocenters. The lowest BCUT2D eigenvalue weighted by Gasteiger charge is -2.37. The number of fused-ring (bicyclic) bond motifs is 4. The maximum absolute atomic E-state index is 12.8. The van der Waals surface area contributed by atoms with Gasteiger partial charge in [0.1, 0.15) is 0 Å². The molecule has 2 aromatic carbocycles. The van der Waals surface area contributed by atoms with E-state index < -0.39 is 42.6 Å². The molecule has 292 valence electrons. The first-order valence-electron chi connectivity index (χ1n) is 17.1. The van der Waals surface area contributed by atoms with Crippen molar-refractivity contribution in [2.45, 2.75) is 58.7 Å². The summed E-state index contributed by atoms with van der Waals surface area (Å²) >= 11 is 0. The van der Waals surface area contributed by atoms with Gasteiger partial charge in [-0.25, -0.2) is 16.8 Å². The van der Waals surface area contributed by atoms with E-state index in [1.807, 2.05) is 30.5 Å². The van der Waals surface area contributed by atoms with Crippen molar-refractivity contribution in [1.29, 1.82) is 0 Å². The number of nitrogens with one attached hydrogen (secondary N) is 1. The van der Waals surface area contributed by atoms with Crippen LogP contribution in [0.5, 0.6) is 0 Å². The quantitative estimate of drug-likeness (QED) is 0.164. The number of hydrogen-bond donors (Lipinski definition) is 1. The lowest BCUT2D eigenvalue weighted by Crippen LogP contribution is -2.44. The summed E-state index contributed by atoms with van der Waals surface area (Å²) in [4.78, 5) is 8.55. The molecule has 2 aliphatic carbocycles. The van der Waals surface area contributed by atoms with Crippen LogP contribution in [0.3, 0.4) is 0 Å². The van der Waals surface area contributed by atoms with Crippen LogP contribution in [-0.4, -0.2) is 57.3 Å². The highest BCUT2D eigenvalue weighted by Gasteiger charge is 2.42. The van der Waals surface area contributed by atoms with Crippen LogP contribution in [0.2, 0.25) is 0 Å². The zero-order valence-corrected chi connectivity index (χ0v) is 31.4. The maximum Gasteiger partial charge on any atom is 0.416 e. The Hall–Kier alpha value is -4.09. The van der Waals surface area contributed by atoms with E-state index in [0.29, 0.717) is 38.1 Å². The average molecular weight is 825 g/mol. The zero-order valence-electron chi connectivity index (χ0n) is 29.0. The fraction of sp³-hybridized carbons (Fsp3) is 0.316. The summed E-state index contributed by atoms with van der Waals surface area (Å²) in [6, 6.07) is 14.6. The monoisotopic (exact) mass is 824 g/mol. The fourth-order valence-corrected chi connectivity index (χ4v) is 9.38. The molecule has 0 saturated carbocycles. The van der Waals surface area contributed by atoms with E-state index in [9.17, 15) is 43.2 Å².